The van der Waals surface area contributed by atoms with E-state index in [1.165, 1.54) is 0 Å². The molecule has 166 valence electrons. The molecular formula is C24H24Cl2N4O2. The topological polar surface area (TPSA) is 65.5 Å². The van der Waals surface area contributed by atoms with E-state index in [2.05, 4.69) is 10.3 Å². The first kappa shape index (κ1) is 23.7. The van der Waals surface area contributed by atoms with Crippen molar-refractivity contribution in [1.29, 1.82) is 0 Å². The molecule has 8 heteroatoms. The number of hydrogen-bond acceptors (Lipinski definition) is 4. The summed E-state index contributed by atoms with van der Waals surface area (Å²) in [5.74, 6) is 0.382. The zero-order valence-corrected chi connectivity index (χ0v) is 19.4. The van der Waals surface area contributed by atoms with Crippen LogP contribution in [0.25, 0.3) is 16.8 Å². The van der Waals surface area contributed by atoms with Crippen LogP contribution in [-0.4, -0.2) is 47.2 Å². The van der Waals surface area contributed by atoms with Gasteiger partial charge in [-0.1, -0.05) is 41.9 Å². The van der Waals surface area contributed by atoms with Gasteiger partial charge in [0.1, 0.15) is 5.82 Å². The predicted molar refractivity (Wildman–Crippen MR) is 131 cm³/mol. The number of aromatic nitrogens is 1. The fourth-order valence-electron chi connectivity index (χ4n) is 3.71. The van der Waals surface area contributed by atoms with Gasteiger partial charge in [-0.2, -0.15) is 0 Å². The summed E-state index contributed by atoms with van der Waals surface area (Å²) in [5.41, 5.74) is 2.76. The molecule has 0 unspecified atom stereocenters. The van der Waals surface area contributed by atoms with E-state index in [0.717, 1.165) is 27.5 Å². The fraction of sp³-hybridized carbons (Fsp3) is 0.208. The van der Waals surface area contributed by atoms with E-state index < -0.39 is 0 Å². The van der Waals surface area contributed by atoms with Crippen LogP contribution in [0, 0.1) is 0 Å². The fourth-order valence-corrected chi connectivity index (χ4v) is 3.94. The number of carbonyl (C=O) groups is 2. The molecule has 1 aliphatic heterocycles. The normalized spacial score (nSPS) is 13.9. The Balaban J connectivity index is 0.00000289. The van der Waals surface area contributed by atoms with Crippen molar-refractivity contribution < 1.29 is 9.59 Å². The Kier molecular flexibility index (Phi) is 7.51. The number of pyridine rings is 1. The van der Waals surface area contributed by atoms with Crippen LogP contribution in [0.1, 0.15) is 16.7 Å². The van der Waals surface area contributed by atoms with Crippen molar-refractivity contribution in [2.24, 2.45) is 0 Å². The van der Waals surface area contributed by atoms with E-state index in [0.29, 0.717) is 30.5 Å². The molecule has 4 rings (SSSR count). The number of hydrogen-bond donors (Lipinski definition) is 1. The molecule has 1 N–H and O–H groups in total. The summed E-state index contributed by atoms with van der Waals surface area (Å²) in [5, 5.41) is 5.53. The summed E-state index contributed by atoms with van der Waals surface area (Å²) in [6.45, 7) is 1.41. The molecule has 6 nitrogen and oxygen atoms in total. The number of benzene rings is 2. The van der Waals surface area contributed by atoms with Gasteiger partial charge in [-0.15, -0.1) is 12.4 Å². The molecule has 1 aromatic heterocycles. The van der Waals surface area contributed by atoms with Gasteiger partial charge in [-0.05, 0) is 41.8 Å². The molecule has 0 radical (unpaired) electrons. The smallest absolute Gasteiger partial charge is 0.246 e. The van der Waals surface area contributed by atoms with E-state index >= 15 is 0 Å². The monoisotopic (exact) mass is 470 g/mol. The number of likely N-dealkylation sites (N-methyl/N-ethyl adjacent to an activating group) is 2. The second-order valence-electron chi connectivity index (χ2n) is 7.78. The molecule has 1 aliphatic rings. The van der Waals surface area contributed by atoms with Gasteiger partial charge in [0.15, 0.2) is 0 Å². The highest BCUT2D eigenvalue weighted by atomic mass is 35.5. The average Bonchev–Trinajstić information content (AvgIpc) is 2.89. The molecule has 0 aliphatic carbocycles. The third-order valence-electron chi connectivity index (χ3n) is 5.26. The first-order chi connectivity index (χ1) is 14.9. The second-order valence-corrected chi connectivity index (χ2v) is 8.18. The number of halogens is 2. The third kappa shape index (κ3) is 5.27. The average molecular weight is 471 g/mol. The highest BCUT2D eigenvalue weighted by Gasteiger charge is 2.17. The van der Waals surface area contributed by atoms with Crippen molar-refractivity contribution in [2.75, 3.05) is 26.0 Å². The largest absolute Gasteiger partial charge is 0.338 e. The third-order valence-corrected chi connectivity index (χ3v) is 5.59. The zero-order valence-electron chi connectivity index (χ0n) is 17.8. The van der Waals surface area contributed by atoms with Crippen molar-refractivity contribution in [1.82, 2.24) is 14.8 Å². The number of nitrogens with one attached hydrogen (secondary N) is 1. The minimum atomic E-state index is -0.112. The quantitative estimate of drug-likeness (QED) is 0.575. The van der Waals surface area contributed by atoms with Crippen LogP contribution < -0.4 is 5.32 Å². The number of carbonyl (C=O) groups excluding carboxylic acids is 2. The summed E-state index contributed by atoms with van der Waals surface area (Å²) in [6.07, 6.45) is 4.94. The van der Waals surface area contributed by atoms with E-state index in [-0.39, 0.29) is 24.2 Å². The Morgan fingerprint density at radius 3 is 2.75 bits per heavy atom. The number of rotatable bonds is 4. The van der Waals surface area contributed by atoms with Gasteiger partial charge in [-0.3, -0.25) is 14.5 Å². The lowest BCUT2D eigenvalue weighted by molar-refractivity contribution is -0.125. The van der Waals surface area contributed by atoms with Gasteiger partial charge in [-0.25, -0.2) is 4.98 Å². The van der Waals surface area contributed by atoms with Crippen LogP contribution in [0.2, 0.25) is 5.02 Å². The number of fused-ring (bicyclic) bond motifs is 2. The van der Waals surface area contributed by atoms with Gasteiger partial charge in [0.2, 0.25) is 11.8 Å². The molecular weight excluding hydrogens is 447 g/mol. The molecule has 32 heavy (non-hydrogen) atoms. The summed E-state index contributed by atoms with van der Waals surface area (Å²) >= 11 is 6.30. The zero-order chi connectivity index (χ0) is 22.0. The summed E-state index contributed by atoms with van der Waals surface area (Å²) in [7, 11) is 3.66. The second kappa shape index (κ2) is 10.1. The van der Waals surface area contributed by atoms with Crippen molar-refractivity contribution in [3.05, 3.63) is 76.5 Å². The van der Waals surface area contributed by atoms with E-state index in [9.17, 15) is 9.59 Å². The summed E-state index contributed by atoms with van der Waals surface area (Å²) in [4.78, 5) is 32.4. The van der Waals surface area contributed by atoms with Crippen LogP contribution in [-0.2, 0) is 22.7 Å². The Hall–Kier alpha value is -2.93. The van der Waals surface area contributed by atoms with E-state index in [1.807, 2.05) is 54.4 Å². The molecule has 2 aromatic carbocycles. The minimum absolute atomic E-state index is 0. The van der Waals surface area contributed by atoms with Gasteiger partial charge in [0.05, 0.1) is 6.54 Å². The highest BCUT2D eigenvalue weighted by Crippen LogP contribution is 2.27. The van der Waals surface area contributed by atoms with Crippen LogP contribution >= 0.6 is 24.0 Å². The summed E-state index contributed by atoms with van der Waals surface area (Å²) in [6, 6.07) is 13.7. The van der Waals surface area contributed by atoms with Crippen molar-refractivity contribution in [3.63, 3.8) is 0 Å². The Labute approximate surface area is 198 Å². The van der Waals surface area contributed by atoms with E-state index in [1.54, 1.807) is 30.3 Å². The SMILES string of the molecule is CN1CC(=O)Nc2ncc(/C=C/C(=O)N(C)Cc3ccc(Cl)c4ccccc34)cc2C1.Cl. The first-order valence-corrected chi connectivity index (χ1v) is 10.3. The molecule has 0 saturated carbocycles. The maximum absolute atomic E-state index is 12.7. The molecule has 0 atom stereocenters. The van der Waals surface area contributed by atoms with Crippen LogP contribution in [0.15, 0.2) is 54.7 Å². The Bertz CT molecular complexity index is 1200. The lowest BCUT2D eigenvalue weighted by Crippen LogP contribution is -2.26. The molecule has 3 aromatic rings. The Morgan fingerprint density at radius 1 is 1.22 bits per heavy atom. The number of amides is 2. The minimum Gasteiger partial charge on any atom is -0.338 e. The van der Waals surface area contributed by atoms with Gasteiger partial charge < -0.3 is 10.2 Å². The molecule has 2 heterocycles. The lowest BCUT2D eigenvalue weighted by Gasteiger charge is -2.17. The number of nitrogens with zero attached hydrogens (tertiary/aromatic N) is 3. The maximum Gasteiger partial charge on any atom is 0.246 e. The summed E-state index contributed by atoms with van der Waals surface area (Å²) < 4.78 is 0. The molecule has 0 bridgehead atoms. The highest BCUT2D eigenvalue weighted by molar-refractivity contribution is 6.35. The predicted octanol–water partition coefficient (Wildman–Crippen LogP) is 4.37. The Morgan fingerprint density at radius 2 is 1.97 bits per heavy atom. The van der Waals surface area contributed by atoms with Crippen molar-refractivity contribution in [2.45, 2.75) is 13.1 Å². The van der Waals surface area contributed by atoms with Crippen molar-refractivity contribution >= 4 is 58.5 Å². The van der Waals surface area contributed by atoms with Gasteiger partial charge in [0.25, 0.3) is 0 Å². The van der Waals surface area contributed by atoms with Gasteiger partial charge >= 0.3 is 0 Å². The lowest BCUT2D eigenvalue weighted by atomic mass is 10.0. The molecule has 0 fully saturated rings. The molecule has 0 spiro atoms. The van der Waals surface area contributed by atoms with Crippen LogP contribution in [0.4, 0.5) is 5.82 Å². The number of anilines is 1. The van der Waals surface area contributed by atoms with E-state index in [4.69, 9.17) is 11.6 Å². The molecule has 2 amide bonds. The first-order valence-electron chi connectivity index (χ1n) is 9.97. The van der Waals surface area contributed by atoms with Crippen molar-refractivity contribution in [3.8, 4) is 0 Å². The van der Waals surface area contributed by atoms with Crippen LogP contribution in [0.3, 0.4) is 0 Å². The van der Waals surface area contributed by atoms with Crippen LogP contribution in [0.5, 0.6) is 0 Å². The molecule has 0 saturated heterocycles. The standard InChI is InChI=1S/C24H23ClN4O2.ClH/c1-28-13-18-11-16(12-26-24(18)27-22(30)15-28)7-10-23(31)29(2)14-17-8-9-21(25)20-6-4-3-5-19(17)20;/h3-12H,13-15H2,1-2H3,(H,26,27,30);1H/b10-7+;. The maximum atomic E-state index is 12.7. The van der Waals surface area contributed by atoms with Gasteiger partial charge in [0, 0.05) is 48.4 Å².